The van der Waals surface area contributed by atoms with E-state index in [9.17, 15) is 19.5 Å². The van der Waals surface area contributed by atoms with Crippen LogP contribution in [0.25, 0.3) is 0 Å². The van der Waals surface area contributed by atoms with Gasteiger partial charge in [-0.1, -0.05) is 49.7 Å². The molecule has 3 fully saturated rings. The van der Waals surface area contributed by atoms with Gasteiger partial charge in [-0.15, -0.1) is 24.9 Å². The predicted molar refractivity (Wildman–Crippen MR) is 153 cm³/mol. The van der Waals surface area contributed by atoms with Crippen LogP contribution in [0, 0.1) is 11.8 Å². The van der Waals surface area contributed by atoms with E-state index in [0.717, 1.165) is 12.8 Å². The Balaban J connectivity index is 1.81. The normalized spacial score (nSPS) is 28.2. The Morgan fingerprint density at radius 3 is 2.55 bits per heavy atom. The Labute approximate surface area is 234 Å². The number of rotatable bonds is 12. The average Bonchev–Trinajstić information content (AvgIpc) is 3.55. The van der Waals surface area contributed by atoms with Crippen LogP contribution in [-0.4, -0.2) is 80.9 Å². The standard InChI is InChI=1S/C29H38ClN3O4S/c1-5-15-31(16-6-2)26(35)23-22-13-14-29(38-22)24(23)27(36)33(19(8-4)18-34)25(29)28(37)32(17-7-3)21-12-10-9-11-20(21)30/h5,7,9-12,19,22-25,34H,1,3,6,8,13-18H2,2,4H3/t19-,22-,23+,24-,25?,29?/m0/s1. The van der Waals surface area contributed by atoms with Crippen LogP contribution in [0.3, 0.4) is 0 Å². The second-order valence-corrected chi connectivity index (χ2v) is 12.3. The first-order valence-corrected chi connectivity index (χ1v) is 14.7. The summed E-state index contributed by atoms with van der Waals surface area (Å²) in [6, 6.07) is 5.79. The Morgan fingerprint density at radius 1 is 1.24 bits per heavy atom. The van der Waals surface area contributed by atoms with E-state index < -0.39 is 28.7 Å². The zero-order valence-corrected chi connectivity index (χ0v) is 23.8. The van der Waals surface area contributed by atoms with Crippen molar-refractivity contribution in [2.75, 3.05) is 31.1 Å². The van der Waals surface area contributed by atoms with E-state index in [1.54, 1.807) is 56.8 Å². The van der Waals surface area contributed by atoms with Crippen molar-refractivity contribution in [1.82, 2.24) is 9.80 Å². The number of carbonyl (C=O) groups is 3. The fraction of sp³-hybridized carbons (Fsp3) is 0.552. The summed E-state index contributed by atoms with van der Waals surface area (Å²) in [6.07, 6.45) is 6.08. The third-order valence-electron chi connectivity index (χ3n) is 8.21. The molecule has 0 radical (unpaired) electrons. The van der Waals surface area contributed by atoms with Crippen LogP contribution >= 0.6 is 23.4 Å². The Hall–Kier alpha value is -2.29. The summed E-state index contributed by atoms with van der Waals surface area (Å²) in [5.74, 6) is -1.61. The number of benzene rings is 1. The summed E-state index contributed by atoms with van der Waals surface area (Å²) >= 11 is 8.16. The van der Waals surface area contributed by atoms with Gasteiger partial charge in [0, 0.05) is 24.9 Å². The van der Waals surface area contributed by atoms with Gasteiger partial charge in [0.15, 0.2) is 0 Å². The predicted octanol–water partition coefficient (Wildman–Crippen LogP) is 4.15. The first kappa shape index (κ1) is 28.7. The highest BCUT2D eigenvalue weighted by molar-refractivity contribution is 8.02. The molecule has 38 heavy (non-hydrogen) atoms. The largest absolute Gasteiger partial charge is 0.394 e. The van der Waals surface area contributed by atoms with Crippen molar-refractivity contribution in [3.63, 3.8) is 0 Å². The SMILES string of the molecule is C=CCN(CCC)C(=O)[C@@H]1[C@@H]2CCC3(S2)C(C(=O)N(CC=C)c2ccccc2Cl)N([C@@H](CC)CO)C(=O)[C@H]13. The van der Waals surface area contributed by atoms with E-state index in [1.165, 1.54) is 0 Å². The molecule has 0 aromatic heterocycles. The van der Waals surface area contributed by atoms with Crippen molar-refractivity contribution >= 4 is 46.8 Å². The number of aliphatic hydroxyl groups excluding tert-OH is 1. The molecular weight excluding hydrogens is 522 g/mol. The molecule has 3 heterocycles. The summed E-state index contributed by atoms with van der Waals surface area (Å²) < 4.78 is -0.742. The second kappa shape index (κ2) is 11.8. The maximum atomic E-state index is 14.5. The van der Waals surface area contributed by atoms with Crippen LogP contribution in [0.4, 0.5) is 5.69 Å². The molecule has 3 amide bonds. The molecule has 1 aromatic rings. The average molecular weight is 560 g/mol. The van der Waals surface area contributed by atoms with Crippen molar-refractivity contribution in [3.8, 4) is 0 Å². The van der Waals surface area contributed by atoms with Gasteiger partial charge in [-0.25, -0.2) is 0 Å². The fourth-order valence-corrected chi connectivity index (χ4v) is 9.07. The number of amides is 3. The molecule has 4 rings (SSSR count). The summed E-state index contributed by atoms with van der Waals surface area (Å²) in [6.45, 7) is 12.6. The van der Waals surface area contributed by atoms with Crippen LogP contribution in [0.2, 0.25) is 5.02 Å². The number of hydrogen-bond acceptors (Lipinski definition) is 5. The van der Waals surface area contributed by atoms with E-state index in [1.807, 2.05) is 19.9 Å². The number of fused-ring (bicyclic) bond motifs is 1. The van der Waals surface area contributed by atoms with Crippen LogP contribution in [0.15, 0.2) is 49.6 Å². The number of aliphatic hydroxyl groups is 1. The monoisotopic (exact) mass is 559 g/mol. The molecule has 206 valence electrons. The number of likely N-dealkylation sites (tertiary alicyclic amines) is 1. The lowest BCUT2D eigenvalue weighted by Gasteiger charge is -2.39. The van der Waals surface area contributed by atoms with Gasteiger partial charge < -0.3 is 19.8 Å². The van der Waals surface area contributed by atoms with E-state index in [0.29, 0.717) is 36.6 Å². The zero-order chi connectivity index (χ0) is 27.6. The number of para-hydroxylation sites is 1. The lowest BCUT2D eigenvalue weighted by atomic mass is 9.70. The number of anilines is 1. The summed E-state index contributed by atoms with van der Waals surface area (Å²) in [5.41, 5.74) is 0.550. The minimum atomic E-state index is -0.819. The molecule has 1 aromatic carbocycles. The maximum absolute atomic E-state index is 14.5. The highest BCUT2D eigenvalue weighted by atomic mass is 35.5. The highest BCUT2D eigenvalue weighted by Gasteiger charge is 2.74. The summed E-state index contributed by atoms with van der Waals surface area (Å²) in [7, 11) is 0. The van der Waals surface area contributed by atoms with Gasteiger partial charge in [0.1, 0.15) is 6.04 Å². The fourth-order valence-electron chi connectivity index (χ4n) is 6.64. The smallest absolute Gasteiger partial charge is 0.251 e. The molecule has 2 unspecified atom stereocenters. The molecule has 3 saturated heterocycles. The van der Waals surface area contributed by atoms with Gasteiger partial charge in [0.2, 0.25) is 11.8 Å². The number of nitrogens with zero attached hydrogens (tertiary/aromatic N) is 3. The van der Waals surface area contributed by atoms with Crippen molar-refractivity contribution in [1.29, 1.82) is 0 Å². The van der Waals surface area contributed by atoms with E-state index in [4.69, 9.17) is 11.6 Å². The summed E-state index contributed by atoms with van der Waals surface area (Å²) in [5, 5.41) is 10.7. The van der Waals surface area contributed by atoms with Crippen molar-refractivity contribution in [2.45, 2.75) is 61.6 Å². The minimum Gasteiger partial charge on any atom is -0.394 e. The molecular formula is C29H38ClN3O4S. The number of thioether (sulfide) groups is 1. The van der Waals surface area contributed by atoms with Crippen LogP contribution in [0.5, 0.6) is 0 Å². The molecule has 2 bridgehead atoms. The van der Waals surface area contributed by atoms with Crippen molar-refractivity contribution in [2.24, 2.45) is 11.8 Å². The molecule has 0 saturated carbocycles. The molecule has 1 spiro atoms. The Kier molecular flexibility index (Phi) is 8.95. The Bertz CT molecular complexity index is 1100. The van der Waals surface area contributed by atoms with Crippen molar-refractivity contribution in [3.05, 3.63) is 54.6 Å². The topological polar surface area (TPSA) is 81.2 Å². The molecule has 9 heteroatoms. The molecule has 6 atom stereocenters. The maximum Gasteiger partial charge on any atom is 0.251 e. The number of halogens is 1. The lowest BCUT2D eigenvalue weighted by molar-refractivity contribution is -0.145. The molecule has 3 aliphatic heterocycles. The van der Waals surface area contributed by atoms with E-state index >= 15 is 0 Å². The van der Waals surface area contributed by atoms with Gasteiger partial charge >= 0.3 is 0 Å². The van der Waals surface area contributed by atoms with Gasteiger partial charge in [-0.2, -0.15) is 0 Å². The minimum absolute atomic E-state index is 0.0274. The summed E-state index contributed by atoms with van der Waals surface area (Å²) in [4.78, 5) is 47.7. The van der Waals surface area contributed by atoms with Gasteiger partial charge in [0.25, 0.3) is 5.91 Å². The van der Waals surface area contributed by atoms with E-state index in [2.05, 4.69) is 13.2 Å². The molecule has 1 N–H and O–H groups in total. The molecule has 0 aliphatic carbocycles. The van der Waals surface area contributed by atoms with Crippen LogP contribution in [-0.2, 0) is 14.4 Å². The highest BCUT2D eigenvalue weighted by Crippen LogP contribution is 2.67. The third kappa shape index (κ3) is 4.58. The van der Waals surface area contributed by atoms with Crippen LogP contribution in [0.1, 0.15) is 39.5 Å². The Morgan fingerprint density at radius 2 is 1.95 bits per heavy atom. The molecule has 7 nitrogen and oxygen atoms in total. The lowest BCUT2D eigenvalue weighted by Crippen LogP contribution is -2.57. The van der Waals surface area contributed by atoms with Crippen LogP contribution < -0.4 is 4.90 Å². The number of carbonyl (C=O) groups excluding carboxylic acids is 3. The zero-order valence-electron chi connectivity index (χ0n) is 22.2. The van der Waals surface area contributed by atoms with Gasteiger partial charge in [0.05, 0.1) is 39.9 Å². The molecule has 3 aliphatic rings. The quantitative estimate of drug-likeness (QED) is 0.389. The first-order chi connectivity index (χ1) is 18.3. The number of hydrogen-bond donors (Lipinski definition) is 1. The van der Waals surface area contributed by atoms with E-state index in [-0.39, 0.29) is 36.1 Å². The first-order valence-electron chi connectivity index (χ1n) is 13.5. The third-order valence-corrected chi connectivity index (χ3v) is 10.5. The van der Waals surface area contributed by atoms with Crippen molar-refractivity contribution < 1.29 is 19.5 Å². The van der Waals surface area contributed by atoms with Gasteiger partial charge in [-0.3, -0.25) is 14.4 Å². The second-order valence-electron chi connectivity index (χ2n) is 10.3. The van der Waals surface area contributed by atoms with Gasteiger partial charge in [-0.05, 0) is 37.8 Å².